The van der Waals surface area contributed by atoms with Gasteiger partial charge >= 0.3 is 0 Å². The monoisotopic (exact) mass is 214 g/mol. The molecule has 0 atom stereocenters. The lowest BCUT2D eigenvalue weighted by atomic mass is 10.1. The highest BCUT2D eigenvalue weighted by atomic mass is 19.1. The van der Waals surface area contributed by atoms with Gasteiger partial charge in [-0.1, -0.05) is 0 Å². The number of H-pyrrole nitrogens is 2. The van der Waals surface area contributed by atoms with Crippen molar-refractivity contribution in [2.75, 3.05) is 0 Å². The zero-order chi connectivity index (χ0) is 11.1. The molecule has 0 fully saturated rings. The van der Waals surface area contributed by atoms with E-state index in [9.17, 15) is 4.39 Å². The number of nitrogens with one attached hydrogen (secondary N) is 2. The second-order valence-electron chi connectivity index (χ2n) is 3.97. The van der Waals surface area contributed by atoms with E-state index in [2.05, 4.69) is 9.97 Å². The molecule has 16 heavy (non-hydrogen) atoms. The van der Waals surface area contributed by atoms with Crippen LogP contribution in [0, 0.1) is 12.7 Å². The summed E-state index contributed by atoms with van der Waals surface area (Å²) < 4.78 is 13.4. The van der Waals surface area contributed by atoms with Gasteiger partial charge in [0.1, 0.15) is 5.82 Å². The standard InChI is InChI=1S/C13H11FN2/c1-8-4-12-10(5-11(8)14)6-13(16-12)9-2-3-15-7-9/h2-7,15-16H,1H3. The predicted octanol–water partition coefficient (Wildman–Crippen LogP) is 3.61. The molecule has 80 valence electrons. The Hall–Kier alpha value is -2.03. The summed E-state index contributed by atoms with van der Waals surface area (Å²) in [6.45, 7) is 1.77. The third kappa shape index (κ3) is 1.33. The maximum atomic E-state index is 13.4. The van der Waals surface area contributed by atoms with E-state index in [1.807, 2.05) is 30.6 Å². The molecule has 0 aliphatic heterocycles. The topological polar surface area (TPSA) is 31.6 Å². The quantitative estimate of drug-likeness (QED) is 0.620. The number of hydrogen-bond donors (Lipinski definition) is 2. The zero-order valence-electron chi connectivity index (χ0n) is 8.84. The Kier molecular flexibility index (Phi) is 1.86. The molecule has 3 rings (SSSR count). The predicted molar refractivity (Wildman–Crippen MR) is 62.8 cm³/mol. The lowest BCUT2D eigenvalue weighted by Crippen LogP contribution is -1.80. The number of hydrogen-bond acceptors (Lipinski definition) is 0. The first kappa shape index (κ1) is 9.21. The fraction of sp³-hybridized carbons (Fsp3) is 0.0769. The van der Waals surface area contributed by atoms with Gasteiger partial charge in [-0.25, -0.2) is 4.39 Å². The van der Waals surface area contributed by atoms with Crippen molar-refractivity contribution in [2.24, 2.45) is 0 Å². The smallest absolute Gasteiger partial charge is 0.126 e. The van der Waals surface area contributed by atoms with Gasteiger partial charge in [0.15, 0.2) is 0 Å². The highest BCUT2D eigenvalue weighted by molar-refractivity contribution is 5.86. The maximum Gasteiger partial charge on any atom is 0.126 e. The average Bonchev–Trinajstić information content (AvgIpc) is 2.86. The van der Waals surface area contributed by atoms with Gasteiger partial charge < -0.3 is 9.97 Å². The molecule has 0 bridgehead atoms. The van der Waals surface area contributed by atoms with Crippen LogP contribution in [0.3, 0.4) is 0 Å². The van der Waals surface area contributed by atoms with E-state index in [0.717, 1.165) is 22.2 Å². The second kappa shape index (κ2) is 3.23. The third-order valence-corrected chi connectivity index (χ3v) is 2.81. The third-order valence-electron chi connectivity index (χ3n) is 2.81. The van der Waals surface area contributed by atoms with E-state index in [0.29, 0.717) is 5.56 Å². The Morgan fingerprint density at radius 1 is 1.19 bits per heavy atom. The van der Waals surface area contributed by atoms with E-state index in [1.165, 1.54) is 0 Å². The molecule has 0 saturated heterocycles. The average molecular weight is 214 g/mol. The van der Waals surface area contributed by atoms with Gasteiger partial charge in [0.25, 0.3) is 0 Å². The first-order chi connectivity index (χ1) is 7.74. The van der Waals surface area contributed by atoms with Crippen LogP contribution < -0.4 is 0 Å². The molecular formula is C13H11FN2. The SMILES string of the molecule is Cc1cc2[nH]c(-c3cc[nH]c3)cc2cc1F. The molecule has 2 heterocycles. The van der Waals surface area contributed by atoms with E-state index in [4.69, 9.17) is 0 Å². The van der Waals surface area contributed by atoms with Gasteiger partial charge in [-0.2, -0.15) is 0 Å². The second-order valence-corrected chi connectivity index (χ2v) is 3.97. The van der Waals surface area contributed by atoms with Crippen molar-refractivity contribution in [3.63, 3.8) is 0 Å². The first-order valence-electron chi connectivity index (χ1n) is 5.16. The fourth-order valence-electron chi connectivity index (χ4n) is 1.91. The molecule has 3 heteroatoms. The van der Waals surface area contributed by atoms with E-state index in [-0.39, 0.29) is 5.82 Å². The minimum atomic E-state index is -0.160. The number of fused-ring (bicyclic) bond motifs is 1. The normalized spacial score (nSPS) is 11.1. The Bertz CT molecular complexity index is 596. The maximum absolute atomic E-state index is 13.4. The summed E-state index contributed by atoms with van der Waals surface area (Å²) >= 11 is 0. The molecule has 0 aliphatic carbocycles. The molecule has 0 radical (unpaired) electrons. The summed E-state index contributed by atoms with van der Waals surface area (Å²) in [6, 6.07) is 7.34. The van der Waals surface area contributed by atoms with Crippen LogP contribution in [0.5, 0.6) is 0 Å². The number of benzene rings is 1. The highest BCUT2D eigenvalue weighted by Crippen LogP contribution is 2.25. The zero-order valence-corrected chi connectivity index (χ0v) is 8.84. The molecule has 2 aromatic heterocycles. The van der Waals surface area contributed by atoms with Crippen LogP contribution in [-0.2, 0) is 0 Å². The summed E-state index contributed by atoms with van der Waals surface area (Å²) in [5.74, 6) is -0.160. The van der Waals surface area contributed by atoms with Crippen LogP contribution in [-0.4, -0.2) is 9.97 Å². The molecule has 0 spiro atoms. The highest BCUT2D eigenvalue weighted by Gasteiger charge is 2.06. The van der Waals surface area contributed by atoms with Gasteiger partial charge in [0.2, 0.25) is 0 Å². The summed E-state index contributed by atoms with van der Waals surface area (Å²) in [4.78, 5) is 6.28. The Morgan fingerprint density at radius 2 is 2.06 bits per heavy atom. The number of rotatable bonds is 1. The van der Waals surface area contributed by atoms with E-state index in [1.54, 1.807) is 13.0 Å². The van der Waals surface area contributed by atoms with Crippen LogP contribution in [0.25, 0.3) is 22.2 Å². The molecule has 2 nitrogen and oxygen atoms in total. The molecule has 1 aromatic carbocycles. The molecular weight excluding hydrogens is 203 g/mol. The fourth-order valence-corrected chi connectivity index (χ4v) is 1.91. The van der Waals surface area contributed by atoms with Crippen molar-refractivity contribution < 1.29 is 4.39 Å². The number of aromatic amines is 2. The lowest BCUT2D eigenvalue weighted by Gasteiger charge is -1.95. The van der Waals surface area contributed by atoms with Crippen molar-refractivity contribution in [1.29, 1.82) is 0 Å². The minimum Gasteiger partial charge on any atom is -0.367 e. The number of aryl methyl sites for hydroxylation is 1. The van der Waals surface area contributed by atoms with Crippen molar-refractivity contribution in [1.82, 2.24) is 9.97 Å². The summed E-state index contributed by atoms with van der Waals surface area (Å²) in [7, 11) is 0. The summed E-state index contributed by atoms with van der Waals surface area (Å²) in [6.07, 6.45) is 3.78. The van der Waals surface area contributed by atoms with Gasteiger partial charge in [-0.3, -0.25) is 0 Å². The van der Waals surface area contributed by atoms with Crippen LogP contribution in [0.4, 0.5) is 4.39 Å². The number of halogens is 1. The molecule has 0 aliphatic rings. The molecule has 2 N–H and O–H groups in total. The van der Waals surface area contributed by atoms with Crippen molar-refractivity contribution in [3.05, 3.63) is 48.0 Å². The Morgan fingerprint density at radius 3 is 2.81 bits per heavy atom. The van der Waals surface area contributed by atoms with Crippen LogP contribution in [0.15, 0.2) is 36.7 Å². The van der Waals surface area contributed by atoms with Gasteiger partial charge in [-0.05, 0) is 36.8 Å². The largest absolute Gasteiger partial charge is 0.367 e. The van der Waals surface area contributed by atoms with Crippen molar-refractivity contribution >= 4 is 10.9 Å². The number of aromatic nitrogens is 2. The summed E-state index contributed by atoms with van der Waals surface area (Å²) in [5, 5.41) is 0.902. The van der Waals surface area contributed by atoms with Crippen molar-refractivity contribution in [3.8, 4) is 11.3 Å². The van der Waals surface area contributed by atoms with Crippen LogP contribution >= 0.6 is 0 Å². The van der Waals surface area contributed by atoms with Gasteiger partial charge in [0.05, 0.1) is 0 Å². The van der Waals surface area contributed by atoms with Crippen LogP contribution in [0.2, 0.25) is 0 Å². The van der Waals surface area contributed by atoms with Gasteiger partial charge in [0, 0.05) is 34.6 Å². The molecule has 0 amide bonds. The molecule has 3 aromatic rings. The van der Waals surface area contributed by atoms with E-state index >= 15 is 0 Å². The Balaban J connectivity index is 2.23. The lowest BCUT2D eigenvalue weighted by molar-refractivity contribution is 0.620. The minimum absolute atomic E-state index is 0.160. The van der Waals surface area contributed by atoms with Crippen molar-refractivity contribution in [2.45, 2.75) is 6.92 Å². The summed E-state index contributed by atoms with van der Waals surface area (Å²) in [5.41, 5.74) is 3.71. The molecule has 0 unspecified atom stereocenters. The first-order valence-corrected chi connectivity index (χ1v) is 5.16. The van der Waals surface area contributed by atoms with E-state index < -0.39 is 0 Å². The van der Waals surface area contributed by atoms with Crippen LogP contribution in [0.1, 0.15) is 5.56 Å². The Labute approximate surface area is 92.1 Å². The van der Waals surface area contributed by atoms with Gasteiger partial charge in [-0.15, -0.1) is 0 Å². The molecule has 0 saturated carbocycles.